The Hall–Kier alpha value is -1.41. The largest absolute Gasteiger partial charge is 0.338 e. The third-order valence-electron chi connectivity index (χ3n) is 3.06. The predicted molar refractivity (Wildman–Crippen MR) is 85.0 cm³/mol. The lowest BCUT2D eigenvalue weighted by Gasteiger charge is -2.20. The zero-order valence-electron chi connectivity index (χ0n) is 12.2. The van der Waals surface area contributed by atoms with Crippen LogP contribution in [0.5, 0.6) is 0 Å². The average molecular weight is 325 g/mol. The van der Waals surface area contributed by atoms with Crippen molar-refractivity contribution in [3.8, 4) is 0 Å². The molecule has 0 spiro atoms. The molecule has 8 heteroatoms. The highest BCUT2D eigenvalue weighted by Gasteiger charge is 2.12. The van der Waals surface area contributed by atoms with Gasteiger partial charge >= 0.3 is 0 Å². The first-order chi connectivity index (χ1) is 10.2. The number of carbonyl (C=O) groups excluding carboxylic acids is 1. The molecule has 0 aliphatic heterocycles. The van der Waals surface area contributed by atoms with Crippen LogP contribution in [0.4, 0.5) is 0 Å². The van der Waals surface area contributed by atoms with E-state index in [9.17, 15) is 4.79 Å². The second-order valence-corrected chi connectivity index (χ2v) is 6.65. The topological polar surface area (TPSA) is 63.9 Å². The van der Waals surface area contributed by atoms with E-state index in [0.717, 1.165) is 23.9 Å². The summed E-state index contributed by atoms with van der Waals surface area (Å²) in [7, 11) is 1.82. The van der Waals surface area contributed by atoms with Crippen LogP contribution in [0.1, 0.15) is 24.0 Å². The number of aryl methyl sites for hydroxylation is 1. The SMILES string of the molecule is CCN(Cc1cccs1)C(=O)CCSCc1nnnn1C. The van der Waals surface area contributed by atoms with E-state index in [1.54, 1.807) is 27.8 Å². The van der Waals surface area contributed by atoms with Gasteiger partial charge in [-0.05, 0) is 28.8 Å². The summed E-state index contributed by atoms with van der Waals surface area (Å²) >= 11 is 3.37. The third kappa shape index (κ3) is 4.82. The molecule has 2 heterocycles. The lowest BCUT2D eigenvalue weighted by Crippen LogP contribution is -2.30. The van der Waals surface area contributed by atoms with Crippen molar-refractivity contribution in [2.75, 3.05) is 12.3 Å². The van der Waals surface area contributed by atoms with E-state index in [-0.39, 0.29) is 5.91 Å². The molecule has 21 heavy (non-hydrogen) atoms. The summed E-state index contributed by atoms with van der Waals surface area (Å²) in [6, 6.07) is 4.08. The van der Waals surface area contributed by atoms with Crippen LogP contribution in [0.3, 0.4) is 0 Å². The van der Waals surface area contributed by atoms with Gasteiger partial charge in [0.25, 0.3) is 0 Å². The van der Waals surface area contributed by atoms with Crippen LogP contribution >= 0.6 is 23.1 Å². The molecule has 2 aromatic rings. The Morgan fingerprint density at radius 1 is 1.52 bits per heavy atom. The zero-order valence-corrected chi connectivity index (χ0v) is 13.9. The van der Waals surface area contributed by atoms with Crippen LogP contribution in [0.2, 0.25) is 0 Å². The molecule has 2 aromatic heterocycles. The van der Waals surface area contributed by atoms with Gasteiger partial charge in [0.05, 0.1) is 12.3 Å². The molecule has 0 fully saturated rings. The predicted octanol–water partition coefficient (Wildman–Crippen LogP) is 1.94. The van der Waals surface area contributed by atoms with Gasteiger partial charge in [0.2, 0.25) is 5.91 Å². The molecule has 6 nitrogen and oxygen atoms in total. The molecule has 0 saturated heterocycles. The first-order valence-corrected chi connectivity index (χ1v) is 8.83. The summed E-state index contributed by atoms with van der Waals surface area (Å²) in [5, 5.41) is 13.3. The smallest absolute Gasteiger partial charge is 0.223 e. The van der Waals surface area contributed by atoms with E-state index in [0.29, 0.717) is 13.0 Å². The van der Waals surface area contributed by atoms with E-state index in [4.69, 9.17) is 0 Å². The van der Waals surface area contributed by atoms with E-state index in [1.165, 1.54) is 4.88 Å². The minimum absolute atomic E-state index is 0.203. The third-order valence-corrected chi connectivity index (χ3v) is 4.88. The van der Waals surface area contributed by atoms with Gasteiger partial charge in [0, 0.05) is 30.6 Å². The van der Waals surface area contributed by atoms with Crippen molar-refractivity contribution >= 4 is 29.0 Å². The normalized spacial score (nSPS) is 10.8. The molecule has 2 rings (SSSR count). The Bertz CT molecular complexity index is 555. The Balaban J connectivity index is 1.71. The van der Waals surface area contributed by atoms with Crippen LogP contribution in [0.15, 0.2) is 17.5 Å². The molecule has 0 saturated carbocycles. The molecule has 0 aliphatic carbocycles. The highest BCUT2D eigenvalue weighted by molar-refractivity contribution is 7.98. The maximum atomic E-state index is 12.2. The number of tetrazole rings is 1. The molecular formula is C13H19N5OS2. The van der Waals surface area contributed by atoms with E-state index in [2.05, 4.69) is 21.6 Å². The van der Waals surface area contributed by atoms with Gasteiger partial charge < -0.3 is 4.90 Å². The number of amides is 1. The number of aromatic nitrogens is 4. The standard InChI is InChI=1S/C13H19N5OS2/c1-3-18(9-11-5-4-7-21-11)13(19)6-8-20-10-12-14-15-16-17(12)2/h4-5,7H,3,6,8-10H2,1-2H3. The zero-order chi connectivity index (χ0) is 15.1. The van der Waals surface area contributed by atoms with Gasteiger partial charge in [-0.3, -0.25) is 4.79 Å². The maximum absolute atomic E-state index is 12.2. The molecule has 1 amide bonds. The van der Waals surface area contributed by atoms with Gasteiger partial charge in [-0.25, -0.2) is 4.68 Å². The molecule has 0 bridgehead atoms. The lowest BCUT2D eigenvalue weighted by molar-refractivity contribution is -0.131. The van der Waals surface area contributed by atoms with Crippen LogP contribution in [0, 0.1) is 0 Å². The summed E-state index contributed by atoms with van der Waals surface area (Å²) in [6.07, 6.45) is 0.551. The second kappa shape index (κ2) is 8.14. The Morgan fingerprint density at radius 2 is 2.38 bits per heavy atom. The minimum atomic E-state index is 0.203. The number of rotatable bonds is 8. The highest BCUT2D eigenvalue weighted by Crippen LogP contribution is 2.14. The first-order valence-electron chi connectivity index (χ1n) is 6.79. The van der Waals surface area contributed by atoms with Gasteiger partial charge in [0.1, 0.15) is 0 Å². The van der Waals surface area contributed by atoms with Gasteiger partial charge in [-0.2, -0.15) is 11.8 Å². The van der Waals surface area contributed by atoms with Crippen molar-refractivity contribution in [2.45, 2.75) is 25.6 Å². The molecule has 0 aliphatic rings. The molecular weight excluding hydrogens is 306 g/mol. The quantitative estimate of drug-likeness (QED) is 0.694. The Kier molecular flexibility index (Phi) is 6.19. The molecule has 0 atom stereocenters. The van der Waals surface area contributed by atoms with Crippen molar-refractivity contribution in [2.24, 2.45) is 7.05 Å². The Labute approximate surface area is 132 Å². The summed E-state index contributed by atoms with van der Waals surface area (Å²) in [5.41, 5.74) is 0. The van der Waals surface area contributed by atoms with Crippen LogP contribution in [-0.2, 0) is 24.1 Å². The molecule has 114 valence electrons. The van der Waals surface area contributed by atoms with Crippen LogP contribution in [-0.4, -0.2) is 43.3 Å². The van der Waals surface area contributed by atoms with E-state index in [1.807, 2.05) is 30.3 Å². The molecule has 0 unspecified atom stereocenters. The van der Waals surface area contributed by atoms with Crippen molar-refractivity contribution in [1.82, 2.24) is 25.1 Å². The van der Waals surface area contributed by atoms with Crippen molar-refractivity contribution in [3.05, 3.63) is 28.2 Å². The van der Waals surface area contributed by atoms with Crippen molar-refractivity contribution < 1.29 is 4.79 Å². The minimum Gasteiger partial charge on any atom is -0.338 e. The van der Waals surface area contributed by atoms with E-state index < -0.39 is 0 Å². The maximum Gasteiger partial charge on any atom is 0.223 e. The van der Waals surface area contributed by atoms with Crippen molar-refractivity contribution in [3.63, 3.8) is 0 Å². The second-order valence-electron chi connectivity index (χ2n) is 4.51. The fraction of sp³-hybridized carbons (Fsp3) is 0.538. The molecule has 0 aromatic carbocycles. The van der Waals surface area contributed by atoms with Gasteiger partial charge in [-0.1, -0.05) is 6.07 Å². The van der Waals surface area contributed by atoms with Crippen LogP contribution in [0.25, 0.3) is 0 Å². The number of hydrogen-bond donors (Lipinski definition) is 0. The number of carbonyl (C=O) groups is 1. The highest BCUT2D eigenvalue weighted by atomic mass is 32.2. The van der Waals surface area contributed by atoms with E-state index >= 15 is 0 Å². The number of thioether (sulfide) groups is 1. The van der Waals surface area contributed by atoms with Crippen molar-refractivity contribution in [1.29, 1.82) is 0 Å². The summed E-state index contributed by atoms with van der Waals surface area (Å²) in [6.45, 7) is 3.48. The average Bonchev–Trinajstić information content (AvgIpc) is 3.12. The Morgan fingerprint density at radius 3 is 3.00 bits per heavy atom. The number of nitrogens with zero attached hydrogens (tertiary/aromatic N) is 5. The fourth-order valence-corrected chi connectivity index (χ4v) is 3.43. The summed E-state index contributed by atoms with van der Waals surface area (Å²) in [4.78, 5) is 15.3. The summed E-state index contributed by atoms with van der Waals surface area (Å²) < 4.78 is 1.66. The first kappa shape index (κ1) is 16.0. The number of hydrogen-bond acceptors (Lipinski definition) is 6. The van der Waals surface area contributed by atoms with Gasteiger partial charge in [0.15, 0.2) is 5.82 Å². The molecule has 0 N–H and O–H groups in total. The molecule has 0 radical (unpaired) electrons. The summed E-state index contributed by atoms with van der Waals surface area (Å²) in [5.74, 6) is 2.55. The fourth-order valence-electron chi connectivity index (χ4n) is 1.82. The number of thiophene rings is 1. The van der Waals surface area contributed by atoms with Gasteiger partial charge in [-0.15, -0.1) is 16.4 Å². The monoisotopic (exact) mass is 325 g/mol. The lowest BCUT2D eigenvalue weighted by atomic mass is 10.3. The van der Waals surface area contributed by atoms with Crippen LogP contribution < -0.4 is 0 Å².